The minimum absolute atomic E-state index is 0.340. The van der Waals surface area contributed by atoms with Gasteiger partial charge in [-0.05, 0) is 43.6 Å². The fourth-order valence-corrected chi connectivity index (χ4v) is 3.60. The van der Waals surface area contributed by atoms with Gasteiger partial charge in [0.15, 0.2) is 11.6 Å². The SMILES string of the molecule is CCN(CC)C1(C(O)c2ccc(F)c(F)c2)CCCC1. The summed E-state index contributed by atoms with van der Waals surface area (Å²) in [6, 6.07) is 3.72. The van der Waals surface area contributed by atoms with E-state index in [4.69, 9.17) is 0 Å². The Bertz CT molecular complexity index is 454. The van der Waals surface area contributed by atoms with Crippen molar-refractivity contribution in [3.8, 4) is 0 Å². The molecule has 1 atom stereocenters. The lowest BCUT2D eigenvalue weighted by Crippen LogP contribution is -2.51. The minimum Gasteiger partial charge on any atom is -0.386 e. The predicted octanol–water partition coefficient (Wildman–Crippen LogP) is 3.65. The molecular weight excluding hydrogens is 260 g/mol. The molecule has 0 heterocycles. The first-order chi connectivity index (χ1) is 9.55. The highest BCUT2D eigenvalue weighted by atomic mass is 19.2. The van der Waals surface area contributed by atoms with Gasteiger partial charge in [-0.15, -0.1) is 0 Å². The van der Waals surface area contributed by atoms with Gasteiger partial charge in [0.25, 0.3) is 0 Å². The molecule has 0 amide bonds. The molecular formula is C16H23F2NO. The summed E-state index contributed by atoms with van der Waals surface area (Å²) in [7, 11) is 0. The van der Waals surface area contributed by atoms with Crippen LogP contribution in [0.1, 0.15) is 51.2 Å². The molecule has 2 rings (SSSR count). The second kappa shape index (κ2) is 6.19. The number of benzene rings is 1. The van der Waals surface area contributed by atoms with Crippen molar-refractivity contribution in [3.63, 3.8) is 0 Å². The molecule has 0 aliphatic heterocycles. The minimum atomic E-state index is -0.894. The first-order valence-electron chi connectivity index (χ1n) is 7.43. The molecule has 1 saturated carbocycles. The van der Waals surface area contributed by atoms with Gasteiger partial charge in [-0.3, -0.25) is 4.90 Å². The van der Waals surface area contributed by atoms with Gasteiger partial charge in [-0.1, -0.05) is 32.8 Å². The summed E-state index contributed by atoms with van der Waals surface area (Å²) in [4.78, 5) is 2.26. The predicted molar refractivity (Wildman–Crippen MR) is 75.4 cm³/mol. The number of hydrogen-bond donors (Lipinski definition) is 1. The van der Waals surface area contributed by atoms with Crippen LogP contribution in [0.4, 0.5) is 8.78 Å². The van der Waals surface area contributed by atoms with Crippen molar-refractivity contribution in [1.82, 2.24) is 4.90 Å². The fraction of sp³-hybridized carbons (Fsp3) is 0.625. The monoisotopic (exact) mass is 283 g/mol. The zero-order chi connectivity index (χ0) is 14.8. The molecule has 1 aliphatic carbocycles. The smallest absolute Gasteiger partial charge is 0.159 e. The molecule has 4 heteroatoms. The maximum atomic E-state index is 13.4. The molecule has 0 spiro atoms. The molecule has 1 aromatic rings. The molecule has 0 bridgehead atoms. The van der Waals surface area contributed by atoms with Gasteiger partial charge in [0.1, 0.15) is 0 Å². The van der Waals surface area contributed by atoms with Crippen molar-refractivity contribution in [2.45, 2.75) is 51.2 Å². The van der Waals surface area contributed by atoms with Crippen LogP contribution < -0.4 is 0 Å². The van der Waals surface area contributed by atoms with Gasteiger partial charge in [-0.25, -0.2) is 8.78 Å². The normalized spacial score (nSPS) is 19.5. The van der Waals surface area contributed by atoms with Gasteiger partial charge in [0, 0.05) is 0 Å². The van der Waals surface area contributed by atoms with Crippen LogP contribution in [0.15, 0.2) is 18.2 Å². The summed E-state index contributed by atoms with van der Waals surface area (Å²) < 4.78 is 26.5. The summed E-state index contributed by atoms with van der Waals surface area (Å²) in [6.45, 7) is 5.83. The van der Waals surface area contributed by atoms with Crippen molar-refractivity contribution < 1.29 is 13.9 Å². The number of hydrogen-bond acceptors (Lipinski definition) is 2. The Morgan fingerprint density at radius 3 is 2.25 bits per heavy atom. The van der Waals surface area contributed by atoms with Crippen LogP contribution in [0.25, 0.3) is 0 Å². The topological polar surface area (TPSA) is 23.5 Å². The van der Waals surface area contributed by atoms with Gasteiger partial charge in [-0.2, -0.15) is 0 Å². The molecule has 112 valence electrons. The van der Waals surface area contributed by atoms with Crippen LogP contribution in [0.2, 0.25) is 0 Å². The van der Waals surface area contributed by atoms with Crippen LogP contribution in [-0.2, 0) is 0 Å². The first-order valence-corrected chi connectivity index (χ1v) is 7.43. The van der Waals surface area contributed by atoms with Crippen LogP contribution in [0.3, 0.4) is 0 Å². The van der Waals surface area contributed by atoms with Crippen molar-refractivity contribution >= 4 is 0 Å². The molecule has 1 aliphatic rings. The molecule has 1 unspecified atom stereocenters. The quantitative estimate of drug-likeness (QED) is 0.891. The molecule has 20 heavy (non-hydrogen) atoms. The van der Waals surface area contributed by atoms with E-state index in [2.05, 4.69) is 18.7 Å². The molecule has 0 aromatic heterocycles. The standard InChI is InChI=1S/C16H23F2NO/c1-3-19(4-2)16(9-5-6-10-16)15(20)12-7-8-13(17)14(18)11-12/h7-8,11,15,20H,3-6,9-10H2,1-2H3. The van der Waals surface area contributed by atoms with Crippen molar-refractivity contribution in [1.29, 1.82) is 0 Å². The average Bonchev–Trinajstić information content (AvgIpc) is 2.93. The summed E-state index contributed by atoms with van der Waals surface area (Å²) >= 11 is 0. The van der Waals surface area contributed by atoms with E-state index >= 15 is 0 Å². The van der Waals surface area contributed by atoms with Gasteiger partial charge in [0.05, 0.1) is 11.6 Å². The first kappa shape index (κ1) is 15.4. The van der Waals surface area contributed by atoms with E-state index in [-0.39, 0.29) is 5.54 Å². The highest BCUT2D eigenvalue weighted by Gasteiger charge is 2.45. The van der Waals surface area contributed by atoms with Gasteiger partial charge < -0.3 is 5.11 Å². The van der Waals surface area contributed by atoms with E-state index < -0.39 is 17.7 Å². The van der Waals surface area contributed by atoms with Crippen LogP contribution in [-0.4, -0.2) is 28.6 Å². The van der Waals surface area contributed by atoms with E-state index in [1.807, 2.05) is 0 Å². The number of rotatable bonds is 5. The number of aliphatic hydroxyl groups is 1. The second-order valence-corrected chi connectivity index (χ2v) is 5.56. The Kier molecular flexibility index (Phi) is 4.76. The summed E-state index contributed by atoms with van der Waals surface area (Å²) in [5, 5.41) is 10.8. The summed E-state index contributed by atoms with van der Waals surface area (Å²) in [6.07, 6.45) is 3.15. The Morgan fingerprint density at radius 1 is 1.15 bits per heavy atom. The lowest BCUT2D eigenvalue weighted by molar-refractivity contribution is -0.0270. The maximum Gasteiger partial charge on any atom is 0.159 e. The van der Waals surface area contributed by atoms with Crippen molar-refractivity contribution in [2.75, 3.05) is 13.1 Å². The average molecular weight is 283 g/mol. The maximum absolute atomic E-state index is 13.4. The third-order valence-electron chi connectivity index (χ3n) is 4.63. The largest absolute Gasteiger partial charge is 0.386 e. The molecule has 1 fully saturated rings. The fourth-order valence-electron chi connectivity index (χ4n) is 3.60. The van der Waals surface area contributed by atoms with E-state index in [1.54, 1.807) is 0 Å². The van der Waals surface area contributed by atoms with E-state index in [0.29, 0.717) is 5.56 Å². The highest BCUT2D eigenvalue weighted by molar-refractivity contribution is 5.24. The molecule has 0 saturated heterocycles. The number of likely N-dealkylation sites (N-methyl/N-ethyl adjacent to an activating group) is 1. The number of aliphatic hydroxyl groups excluding tert-OH is 1. The third kappa shape index (κ3) is 2.59. The van der Waals surface area contributed by atoms with Gasteiger partial charge in [0.2, 0.25) is 0 Å². The highest BCUT2D eigenvalue weighted by Crippen LogP contribution is 2.44. The number of halogens is 2. The van der Waals surface area contributed by atoms with E-state index in [1.165, 1.54) is 6.07 Å². The van der Waals surface area contributed by atoms with Gasteiger partial charge >= 0.3 is 0 Å². The third-order valence-corrected chi connectivity index (χ3v) is 4.63. The Morgan fingerprint density at radius 2 is 1.75 bits per heavy atom. The second-order valence-electron chi connectivity index (χ2n) is 5.56. The van der Waals surface area contributed by atoms with Crippen LogP contribution in [0.5, 0.6) is 0 Å². The van der Waals surface area contributed by atoms with Crippen LogP contribution in [0, 0.1) is 11.6 Å². The zero-order valence-corrected chi connectivity index (χ0v) is 12.2. The Balaban J connectivity index is 2.35. The lowest BCUT2D eigenvalue weighted by Gasteiger charge is -2.44. The summed E-state index contributed by atoms with van der Waals surface area (Å²) in [5.74, 6) is -1.77. The lowest BCUT2D eigenvalue weighted by atomic mass is 9.84. The van der Waals surface area contributed by atoms with E-state index in [9.17, 15) is 13.9 Å². The molecule has 1 aromatic carbocycles. The zero-order valence-electron chi connectivity index (χ0n) is 12.2. The molecule has 1 N–H and O–H groups in total. The summed E-state index contributed by atoms with van der Waals surface area (Å²) in [5.41, 5.74) is 0.131. The van der Waals surface area contributed by atoms with Crippen molar-refractivity contribution in [2.24, 2.45) is 0 Å². The van der Waals surface area contributed by atoms with E-state index in [0.717, 1.165) is 50.9 Å². The van der Waals surface area contributed by atoms with Crippen molar-refractivity contribution in [3.05, 3.63) is 35.4 Å². The Hall–Kier alpha value is -1.00. The van der Waals surface area contributed by atoms with Crippen LogP contribution >= 0.6 is 0 Å². The molecule has 0 radical (unpaired) electrons. The number of nitrogens with zero attached hydrogens (tertiary/aromatic N) is 1. The Labute approximate surface area is 119 Å². The molecule has 2 nitrogen and oxygen atoms in total.